The molecule has 0 aromatic heterocycles. The first kappa shape index (κ1) is 13.3. The maximum atomic E-state index is 12.1. The normalized spacial score (nSPS) is 9.88. The van der Waals surface area contributed by atoms with Crippen molar-refractivity contribution in [3.63, 3.8) is 0 Å². The SMILES string of the molecule is COC(=O)c1cc(S)c(C#N)c(OC(F)F)c1. The van der Waals surface area contributed by atoms with Crippen LogP contribution in [0.5, 0.6) is 5.75 Å². The van der Waals surface area contributed by atoms with Crippen LogP contribution in [0.4, 0.5) is 8.78 Å². The van der Waals surface area contributed by atoms with Gasteiger partial charge in [-0.15, -0.1) is 12.6 Å². The first-order valence-corrected chi connectivity index (χ1v) is 4.74. The van der Waals surface area contributed by atoms with E-state index in [9.17, 15) is 13.6 Å². The van der Waals surface area contributed by atoms with E-state index in [1.54, 1.807) is 6.07 Å². The number of hydrogen-bond donors (Lipinski definition) is 1. The van der Waals surface area contributed by atoms with Gasteiger partial charge in [-0.1, -0.05) is 0 Å². The second-order valence-electron chi connectivity index (χ2n) is 2.85. The highest BCUT2D eigenvalue weighted by molar-refractivity contribution is 7.80. The maximum Gasteiger partial charge on any atom is 0.387 e. The third-order valence-electron chi connectivity index (χ3n) is 1.83. The molecule has 0 unspecified atom stereocenters. The number of carbonyl (C=O) groups is 1. The Kier molecular flexibility index (Phi) is 4.29. The zero-order valence-electron chi connectivity index (χ0n) is 8.61. The number of nitrogens with zero attached hydrogens (tertiary/aromatic N) is 1. The van der Waals surface area contributed by atoms with E-state index in [1.165, 1.54) is 6.07 Å². The van der Waals surface area contributed by atoms with Crippen LogP contribution in [-0.4, -0.2) is 19.7 Å². The zero-order chi connectivity index (χ0) is 13.0. The van der Waals surface area contributed by atoms with E-state index in [0.29, 0.717) is 0 Å². The summed E-state index contributed by atoms with van der Waals surface area (Å²) in [6.45, 7) is -3.09. The van der Waals surface area contributed by atoms with Gasteiger partial charge < -0.3 is 9.47 Å². The van der Waals surface area contributed by atoms with Crippen molar-refractivity contribution in [1.29, 1.82) is 5.26 Å². The molecule has 90 valence electrons. The summed E-state index contributed by atoms with van der Waals surface area (Å²) in [6.07, 6.45) is 0. The van der Waals surface area contributed by atoms with Gasteiger partial charge in [-0.3, -0.25) is 0 Å². The molecule has 0 spiro atoms. The zero-order valence-corrected chi connectivity index (χ0v) is 9.50. The summed E-state index contributed by atoms with van der Waals surface area (Å²) in [5, 5.41) is 8.76. The lowest BCUT2D eigenvalue weighted by Crippen LogP contribution is -2.07. The molecule has 0 N–H and O–H groups in total. The fourth-order valence-corrected chi connectivity index (χ4v) is 1.44. The van der Waals surface area contributed by atoms with Gasteiger partial charge in [-0.05, 0) is 12.1 Å². The number of rotatable bonds is 3. The Balaban J connectivity index is 3.29. The van der Waals surface area contributed by atoms with Crippen LogP contribution in [0, 0.1) is 11.3 Å². The number of ether oxygens (including phenoxy) is 2. The number of alkyl halides is 2. The number of methoxy groups -OCH3 is 1. The minimum atomic E-state index is -3.09. The lowest BCUT2D eigenvalue weighted by molar-refractivity contribution is -0.0502. The van der Waals surface area contributed by atoms with Crippen molar-refractivity contribution in [2.24, 2.45) is 0 Å². The van der Waals surface area contributed by atoms with Crippen molar-refractivity contribution in [3.05, 3.63) is 23.3 Å². The molecule has 0 aliphatic heterocycles. The molecule has 0 bridgehead atoms. The second-order valence-corrected chi connectivity index (χ2v) is 3.33. The smallest absolute Gasteiger partial charge is 0.387 e. The van der Waals surface area contributed by atoms with Crippen LogP contribution >= 0.6 is 12.6 Å². The molecule has 0 aliphatic rings. The van der Waals surface area contributed by atoms with Crippen molar-refractivity contribution >= 4 is 18.6 Å². The van der Waals surface area contributed by atoms with E-state index >= 15 is 0 Å². The van der Waals surface area contributed by atoms with E-state index in [1.807, 2.05) is 0 Å². The van der Waals surface area contributed by atoms with E-state index in [2.05, 4.69) is 22.1 Å². The summed E-state index contributed by atoms with van der Waals surface area (Å²) >= 11 is 3.92. The number of benzene rings is 1. The second kappa shape index (κ2) is 5.50. The number of halogens is 2. The molecule has 0 fully saturated rings. The molecule has 1 aromatic carbocycles. The standard InChI is InChI=1S/C10H7F2NO3S/c1-15-9(14)5-2-7(16-10(11)12)6(4-13)8(17)3-5/h2-3,10,17H,1H3. The van der Waals surface area contributed by atoms with Gasteiger partial charge >= 0.3 is 12.6 Å². The Morgan fingerprint density at radius 2 is 2.18 bits per heavy atom. The van der Waals surface area contributed by atoms with Crippen LogP contribution in [-0.2, 0) is 4.74 Å². The minimum Gasteiger partial charge on any atom is -0.465 e. The lowest BCUT2D eigenvalue weighted by atomic mass is 10.1. The molecule has 0 saturated carbocycles. The number of thiol groups is 1. The number of hydrogen-bond acceptors (Lipinski definition) is 5. The quantitative estimate of drug-likeness (QED) is 0.668. The molecule has 1 rings (SSSR count). The van der Waals surface area contributed by atoms with Gasteiger partial charge in [-0.25, -0.2) is 4.79 Å². The Bertz CT molecular complexity index is 485. The van der Waals surface area contributed by atoms with Crippen LogP contribution in [0.25, 0.3) is 0 Å². The predicted octanol–water partition coefficient (Wildman–Crippen LogP) is 2.23. The van der Waals surface area contributed by atoms with Crippen LogP contribution in [0.3, 0.4) is 0 Å². The number of carbonyl (C=O) groups excluding carboxylic acids is 1. The van der Waals surface area contributed by atoms with E-state index in [0.717, 1.165) is 13.2 Å². The summed E-state index contributed by atoms with van der Waals surface area (Å²) in [6, 6.07) is 3.92. The number of nitriles is 1. The fourth-order valence-electron chi connectivity index (χ4n) is 1.14. The van der Waals surface area contributed by atoms with Crippen molar-refractivity contribution in [3.8, 4) is 11.8 Å². The van der Waals surface area contributed by atoms with Gasteiger partial charge in [0.25, 0.3) is 0 Å². The van der Waals surface area contributed by atoms with Crippen LogP contribution in [0.15, 0.2) is 17.0 Å². The third kappa shape index (κ3) is 3.07. The predicted molar refractivity (Wildman–Crippen MR) is 56.4 cm³/mol. The summed E-state index contributed by atoms with van der Waals surface area (Å²) in [7, 11) is 1.15. The summed E-state index contributed by atoms with van der Waals surface area (Å²) in [5.41, 5.74) is -0.187. The molecule has 17 heavy (non-hydrogen) atoms. The van der Waals surface area contributed by atoms with E-state index < -0.39 is 18.3 Å². The van der Waals surface area contributed by atoms with Crippen LogP contribution < -0.4 is 4.74 Å². The Morgan fingerprint density at radius 3 is 2.65 bits per heavy atom. The summed E-state index contributed by atoms with van der Waals surface area (Å²) in [5.74, 6) is -1.14. The molecule has 0 saturated heterocycles. The average Bonchev–Trinajstić information content (AvgIpc) is 2.26. The highest BCUT2D eigenvalue weighted by atomic mass is 32.1. The molecule has 0 amide bonds. The molecule has 1 aromatic rings. The van der Waals surface area contributed by atoms with Crippen LogP contribution in [0.1, 0.15) is 15.9 Å². The molecule has 4 nitrogen and oxygen atoms in total. The minimum absolute atomic E-state index is 0.0212. The van der Waals surface area contributed by atoms with Crippen molar-refractivity contribution < 1.29 is 23.0 Å². The van der Waals surface area contributed by atoms with Gasteiger partial charge in [-0.2, -0.15) is 14.0 Å². The van der Waals surface area contributed by atoms with Gasteiger partial charge in [0, 0.05) is 4.90 Å². The first-order chi connectivity index (χ1) is 7.99. The van der Waals surface area contributed by atoms with Gasteiger partial charge in [0.1, 0.15) is 17.4 Å². The lowest BCUT2D eigenvalue weighted by Gasteiger charge is -2.09. The van der Waals surface area contributed by atoms with Gasteiger partial charge in [0.2, 0.25) is 0 Å². The summed E-state index contributed by atoms with van der Waals surface area (Å²) in [4.78, 5) is 11.3. The molecular weight excluding hydrogens is 252 g/mol. The highest BCUT2D eigenvalue weighted by Crippen LogP contribution is 2.28. The number of esters is 1. The Morgan fingerprint density at radius 1 is 1.53 bits per heavy atom. The molecule has 0 heterocycles. The Labute approximate surface area is 101 Å². The van der Waals surface area contributed by atoms with Crippen LogP contribution in [0.2, 0.25) is 0 Å². The average molecular weight is 259 g/mol. The molecule has 0 atom stereocenters. The summed E-state index contributed by atoms with van der Waals surface area (Å²) < 4.78 is 32.8. The topological polar surface area (TPSA) is 59.3 Å². The van der Waals surface area contributed by atoms with Gasteiger partial charge in [0.15, 0.2) is 0 Å². The molecule has 7 heteroatoms. The monoisotopic (exact) mass is 259 g/mol. The Hall–Kier alpha value is -1.81. The molecule has 0 aliphatic carbocycles. The molecule has 0 radical (unpaired) electrons. The maximum absolute atomic E-state index is 12.1. The van der Waals surface area contributed by atoms with Crippen molar-refractivity contribution in [2.75, 3.05) is 7.11 Å². The highest BCUT2D eigenvalue weighted by Gasteiger charge is 2.17. The van der Waals surface area contributed by atoms with Crippen molar-refractivity contribution in [1.82, 2.24) is 0 Å². The fraction of sp³-hybridized carbons (Fsp3) is 0.200. The largest absolute Gasteiger partial charge is 0.465 e. The van der Waals surface area contributed by atoms with E-state index in [-0.39, 0.29) is 16.0 Å². The van der Waals surface area contributed by atoms with Crippen molar-refractivity contribution in [2.45, 2.75) is 11.5 Å². The first-order valence-electron chi connectivity index (χ1n) is 4.29. The third-order valence-corrected chi connectivity index (χ3v) is 2.18. The van der Waals surface area contributed by atoms with E-state index in [4.69, 9.17) is 5.26 Å². The molecular formula is C10H7F2NO3S. The van der Waals surface area contributed by atoms with Gasteiger partial charge in [0.05, 0.1) is 12.7 Å².